The second kappa shape index (κ2) is 4.09. The van der Waals surface area contributed by atoms with Gasteiger partial charge in [-0.3, -0.25) is 0 Å². The molecule has 2 heterocycles. The van der Waals surface area contributed by atoms with E-state index < -0.39 is 0 Å². The topological polar surface area (TPSA) is 66.5 Å². The number of rotatable bonds is 2. The molecule has 1 saturated carbocycles. The highest BCUT2D eigenvalue weighted by Crippen LogP contribution is 2.39. The van der Waals surface area contributed by atoms with E-state index in [9.17, 15) is 0 Å². The van der Waals surface area contributed by atoms with E-state index in [0.29, 0.717) is 11.7 Å². The Morgan fingerprint density at radius 3 is 3.00 bits per heavy atom. The van der Waals surface area contributed by atoms with Crippen molar-refractivity contribution in [2.75, 3.05) is 5.32 Å². The molecule has 0 aliphatic heterocycles. The molecule has 2 aromatic heterocycles. The minimum Gasteiger partial charge on any atom is -0.365 e. The first-order chi connectivity index (χ1) is 8.56. The Morgan fingerprint density at radius 2 is 2.28 bits per heavy atom. The van der Waals surface area contributed by atoms with Crippen LogP contribution in [0.3, 0.4) is 0 Å². The van der Waals surface area contributed by atoms with Gasteiger partial charge in [-0.15, -0.1) is 0 Å². The van der Waals surface area contributed by atoms with Crippen LogP contribution in [0.2, 0.25) is 5.28 Å². The molecule has 96 valence electrons. The molecule has 1 aliphatic carbocycles. The van der Waals surface area contributed by atoms with Gasteiger partial charge in [-0.25, -0.2) is 4.98 Å². The molecule has 0 amide bonds. The van der Waals surface area contributed by atoms with Gasteiger partial charge in [0.05, 0.1) is 6.33 Å². The maximum Gasteiger partial charge on any atom is 0.226 e. The maximum atomic E-state index is 5.92. The molecular formula is C12H16ClN5. The van der Waals surface area contributed by atoms with Crippen molar-refractivity contribution in [3.63, 3.8) is 0 Å². The number of anilines is 1. The number of halogens is 1. The monoisotopic (exact) mass is 265 g/mol. The van der Waals surface area contributed by atoms with Gasteiger partial charge in [0.15, 0.2) is 11.5 Å². The van der Waals surface area contributed by atoms with Crippen molar-refractivity contribution in [1.82, 2.24) is 19.9 Å². The molecule has 1 unspecified atom stereocenters. The summed E-state index contributed by atoms with van der Waals surface area (Å²) in [5, 5.41) is 3.72. The van der Waals surface area contributed by atoms with E-state index >= 15 is 0 Å². The lowest BCUT2D eigenvalue weighted by molar-refractivity contribution is 0.349. The largest absolute Gasteiger partial charge is 0.365 e. The molecule has 0 saturated heterocycles. The van der Waals surface area contributed by atoms with Crippen molar-refractivity contribution in [1.29, 1.82) is 0 Å². The fraction of sp³-hybridized carbons (Fsp3) is 0.583. The van der Waals surface area contributed by atoms with Gasteiger partial charge in [-0.05, 0) is 29.9 Å². The van der Waals surface area contributed by atoms with Gasteiger partial charge in [0.2, 0.25) is 5.28 Å². The normalized spacial score (nSPS) is 22.5. The zero-order valence-corrected chi connectivity index (χ0v) is 11.3. The molecule has 6 heteroatoms. The highest BCUT2D eigenvalue weighted by atomic mass is 35.5. The minimum atomic E-state index is 0.230. The van der Waals surface area contributed by atoms with Gasteiger partial charge in [0.25, 0.3) is 0 Å². The van der Waals surface area contributed by atoms with Gasteiger partial charge in [0.1, 0.15) is 5.52 Å². The van der Waals surface area contributed by atoms with Crippen LogP contribution in [0.5, 0.6) is 0 Å². The Hall–Kier alpha value is -1.36. The Bertz CT molecular complexity index is 577. The molecule has 18 heavy (non-hydrogen) atoms. The quantitative estimate of drug-likeness (QED) is 0.819. The molecule has 0 bridgehead atoms. The van der Waals surface area contributed by atoms with Crippen molar-refractivity contribution in [2.45, 2.75) is 39.2 Å². The van der Waals surface area contributed by atoms with Gasteiger partial charge in [-0.2, -0.15) is 9.97 Å². The first-order valence-electron chi connectivity index (χ1n) is 6.19. The Balaban J connectivity index is 1.97. The molecule has 0 spiro atoms. The van der Waals surface area contributed by atoms with Crippen molar-refractivity contribution < 1.29 is 0 Å². The van der Waals surface area contributed by atoms with Crippen LogP contribution in [0, 0.1) is 5.41 Å². The molecular weight excluding hydrogens is 250 g/mol. The minimum absolute atomic E-state index is 0.230. The van der Waals surface area contributed by atoms with Gasteiger partial charge in [0, 0.05) is 6.04 Å². The van der Waals surface area contributed by atoms with E-state index in [-0.39, 0.29) is 10.7 Å². The number of aromatic amines is 1. The number of aromatic nitrogens is 4. The Morgan fingerprint density at radius 1 is 1.44 bits per heavy atom. The average Bonchev–Trinajstić information content (AvgIpc) is 2.86. The number of nitrogens with one attached hydrogen (secondary N) is 2. The third-order valence-electron chi connectivity index (χ3n) is 3.83. The highest BCUT2D eigenvalue weighted by molar-refractivity contribution is 6.28. The van der Waals surface area contributed by atoms with E-state index in [0.717, 1.165) is 17.8 Å². The summed E-state index contributed by atoms with van der Waals surface area (Å²) in [6.45, 7) is 4.56. The van der Waals surface area contributed by atoms with E-state index in [1.54, 1.807) is 6.33 Å². The predicted octanol–water partition coefficient (Wildman–Crippen LogP) is 3.00. The zero-order chi connectivity index (χ0) is 12.8. The summed E-state index contributed by atoms with van der Waals surface area (Å²) in [7, 11) is 0. The lowest BCUT2D eigenvalue weighted by Crippen LogP contribution is -2.31. The molecule has 0 aromatic carbocycles. The molecule has 1 fully saturated rings. The van der Waals surface area contributed by atoms with Crippen LogP contribution in [0.1, 0.15) is 33.1 Å². The Kier molecular flexibility index (Phi) is 2.66. The van der Waals surface area contributed by atoms with Crippen molar-refractivity contribution in [3.8, 4) is 0 Å². The average molecular weight is 266 g/mol. The van der Waals surface area contributed by atoms with Crippen LogP contribution in [0.25, 0.3) is 11.2 Å². The van der Waals surface area contributed by atoms with Gasteiger partial charge >= 0.3 is 0 Å². The number of imidazole rings is 1. The number of hydrogen-bond acceptors (Lipinski definition) is 4. The number of hydrogen-bond donors (Lipinski definition) is 2. The van der Waals surface area contributed by atoms with Crippen molar-refractivity contribution in [2.24, 2.45) is 5.41 Å². The second-order valence-corrected chi connectivity index (χ2v) is 5.86. The third-order valence-corrected chi connectivity index (χ3v) is 4.00. The van der Waals surface area contributed by atoms with E-state index in [1.165, 1.54) is 12.8 Å². The molecule has 1 aliphatic rings. The second-order valence-electron chi connectivity index (χ2n) is 5.52. The number of nitrogens with zero attached hydrogens (tertiary/aromatic N) is 3. The summed E-state index contributed by atoms with van der Waals surface area (Å²) in [6.07, 6.45) is 5.25. The van der Waals surface area contributed by atoms with E-state index in [4.69, 9.17) is 11.6 Å². The summed E-state index contributed by atoms with van der Waals surface area (Å²) in [6, 6.07) is 0.412. The lowest BCUT2D eigenvalue weighted by Gasteiger charge is -2.28. The van der Waals surface area contributed by atoms with E-state index in [2.05, 4.69) is 39.1 Å². The maximum absolute atomic E-state index is 5.92. The van der Waals surface area contributed by atoms with E-state index in [1.807, 2.05) is 0 Å². The fourth-order valence-corrected chi connectivity index (χ4v) is 2.83. The first kappa shape index (κ1) is 11.7. The van der Waals surface area contributed by atoms with Crippen LogP contribution < -0.4 is 5.32 Å². The van der Waals surface area contributed by atoms with Gasteiger partial charge in [-0.1, -0.05) is 20.3 Å². The summed E-state index contributed by atoms with van der Waals surface area (Å²) in [5.74, 6) is 0.752. The van der Waals surface area contributed by atoms with Crippen LogP contribution in [-0.2, 0) is 0 Å². The fourth-order valence-electron chi connectivity index (χ4n) is 2.67. The highest BCUT2D eigenvalue weighted by Gasteiger charge is 2.35. The number of fused-ring (bicyclic) bond motifs is 1. The lowest BCUT2D eigenvalue weighted by atomic mass is 9.87. The molecule has 2 N–H and O–H groups in total. The Labute approximate surface area is 110 Å². The molecule has 0 radical (unpaired) electrons. The van der Waals surface area contributed by atoms with Crippen LogP contribution in [0.4, 0.5) is 5.82 Å². The van der Waals surface area contributed by atoms with Gasteiger partial charge < -0.3 is 10.3 Å². The van der Waals surface area contributed by atoms with Crippen LogP contribution in [-0.4, -0.2) is 26.0 Å². The third kappa shape index (κ3) is 1.92. The molecule has 3 rings (SSSR count). The van der Waals surface area contributed by atoms with Crippen LogP contribution in [0.15, 0.2) is 6.33 Å². The molecule has 5 nitrogen and oxygen atoms in total. The summed E-state index contributed by atoms with van der Waals surface area (Å²) in [4.78, 5) is 15.5. The summed E-state index contributed by atoms with van der Waals surface area (Å²) in [5.41, 5.74) is 1.71. The standard InChI is InChI=1S/C12H16ClN5/c1-12(2)5-3-4-7(12)16-10-8-9(15-6-14-8)17-11(13)18-10/h6-7H,3-5H2,1-2H3,(H2,14,15,16,17,18). The van der Waals surface area contributed by atoms with Crippen molar-refractivity contribution in [3.05, 3.63) is 11.6 Å². The summed E-state index contributed by atoms with van der Waals surface area (Å²) < 4.78 is 0. The zero-order valence-electron chi connectivity index (χ0n) is 10.5. The molecule has 1 atom stereocenters. The van der Waals surface area contributed by atoms with Crippen LogP contribution >= 0.6 is 11.6 Å². The predicted molar refractivity (Wildman–Crippen MR) is 71.7 cm³/mol. The SMILES string of the molecule is CC1(C)CCCC1Nc1nc(Cl)nc2nc[nH]c12. The first-order valence-corrected chi connectivity index (χ1v) is 6.57. The molecule has 2 aromatic rings. The number of H-pyrrole nitrogens is 1. The van der Waals surface area contributed by atoms with Crippen molar-refractivity contribution >= 4 is 28.6 Å². The summed E-state index contributed by atoms with van der Waals surface area (Å²) >= 11 is 5.92. The smallest absolute Gasteiger partial charge is 0.226 e.